The van der Waals surface area contributed by atoms with E-state index < -0.39 is 0 Å². The number of aryl methyl sites for hydroxylation is 1. The number of nitrogens with one attached hydrogen (secondary N) is 2. The molecule has 0 saturated heterocycles. The fourth-order valence-electron chi connectivity index (χ4n) is 4.48. The Morgan fingerprint density at radius 2 is 1.93 bits per heavy atom. The van der Waals surface area contributed by atoms with Crippen molar-refractivity contribution in [1.29, 1.82) is 0 Å². The first kappa shape index (κ1) is 19.7. The van der Waals surface area contributed by atoms with Crippen molar-refractivity contribution in [3.05, 3.63) is 52.6 Å². The van der Waals surface area contributed by atoms with Crippen molar-refractivity contribution in [2.75, 3.05) is 0 Å². The highest BCUT2D eigenvalue weighted by Crippen LogP contribution is 2.22. The largest absolute Gasteiger partial charge is 0.347 e. The van der Waals surface area contributed by atoms with Gasteiger partial charge in [-0.2, -0.15) is 0 Å². The third-order valence-corrected chi connectivity index (χ3v) is 6.01. The lowest BCUT2D eigenvalue weighted by atomic mass is 9.95. The summed E-state index contributed by atoms with van der Waals surface area (Å²) in [7, 11) is 0. The minimum atomic E-state index is -0.200. The van der Waals surface area contributed by atoms with E-state index in [1.165, 1.54) is 6.42 Å². The molecule has 0 bridgehead atoms. The predicted octanol–water partition coefficient (Wildman–Crippen LogP) is 3.52. The maximum absolute atomic E-state index is 12.9. The summed E-state index contributed by atoms with van der Waals surface area (Å²) in [6.45, 7) is 3.24. The molecule has 0 spiro atoms. The van der Waals surface area contributed by atoms with E-state index in [0.29, 0.717) is 18.1 Å². The molecule has 0 atom stereocenters. The second-order valence-electron chi connectivity index (χ2n) is 8.32. The molecule has 6 nitrogen and oxygen atoms in total. The average molecular weight is 395 g/mol. The first-order valence-electron chi connectivity index (χ1n) is 10.9. The molecule has 6 heteroatoms. The highest BCUT2D eigenvalue weighted by molar-refractivity contribution is 5.97. The molecule has 1 fully saturated rings. The van der Waals surface area contributed by atoms with Crippen LogP contribution in [0.15, 0.2) is 24.3 Å². The number of carbonyl (C=O) groups is 2. The number of fused-ring (bicyclic) bond motifs is 1. The number of hydrogen-bond acceptors (Lipinski definition) is 3. The summed E-state index contributed by atoms with van der Waals surface area (Å²) in [5, 5.41) is 6.13. The Labute approximate surface area is 172 Å². The van der Waals surface area contributed by atoms with Gasteiger partial charge in [0.15, 0.2) is 5.82 Å². The van der Waals surface area contributed by atoms with Gasteiger partial charge in [0.05, 0.1) is 5.69 Å². The van der Waals surface area contributed by atoms with E-state index in [1.807, 2.05) is 29.7 Å². The van der Waals surface area contributed by atoms with Gasteiger partial charge in [-0.1, -0.05) is 49.1 Å². The standard InChI is InChI=1S/C23H30N4O2/c1-16-8-7-9-17(14-16)15-24-22(28)20-19-12-5-6-13-27(19)21(26-20)23(29)25-18-10-3-2-4-11-18/h7-9,14,18H,2-6,10-13,15H2,1H3,(H,24,28)(H,25,29). The van der Waals surface area contributed by atoms with Crippen molar-refractivity contribution in [3.63, 3.8) is 0 Å². The van der Waals surface area contributed by atoms with Gasteiger partial charge in [-0.3, -0.25) is 9.59 Å². The summed E-state index contributed by atoms with van der Waals surface area (Å²) in [5.41, 5.74) is 3.53. The van der Waals surface area contributed by atoms with E-state index in [1.54, 1.807) is 0 Å². The van der Waals surface area contributed by atoms with Crippen molar-refractivity contribution in [2.45, 2.75) is 77.4 Å². The fourth-order valence-corrected chi connectivity index (χ4v) is 4.48. The number of carbonyl (C=O) groups excluding carboxylic acids is 2. The van der Waals surface area contributed by atoms with Crippen molar-refractivity contribution >= 4 is 11.8 Å². The lowest BCUT2D eigenvalue weighted by Crippen LogP contribution is -2.37. The van der Waals surface area contributed by atoms with Gasteiger partial charge in [0.2, 0.25) is 0 Å². The lowest BCUT2D eigenvalue weighted by Gasteiger charge is -2.23. The van der Waals surface area contributed by atoms with E-state index in [-0.39, 0.29) is 17.9 Å². The normalized spacial score (nSPS) is 16.9. The van der Waals surface area contributed by atoms with Gasteiger partial charge in [-0.25, -0.2) is 4.98 Å². The molecule has 1 aromatic heterocycles. The second kappa shape index (κ2) is 8.80. The third kappa shape index (κ3) is 4.52. The Morgan fingerprint density at radius 1 is 1.10 bits per heavy atom. The average Bonchev–Trinajstić information content (AvgIpc) is 3.13. The Hall–Kier alpha value is -2.63. The van der Waals surface area contributed by atoms with Crippen molar-refractivity contribution in [3.8, 4) is 0 Å². The number of nitrogens with zero attached hydrogens (tertiary/aromatic N) is 2. The van der Waals surface area contributed by atoms with Gasteiger partial charge in [0, 0.05) is 19.1 Å². The highest BCUT2D eigenvalue weighted by atomic mass is 16.2. The van der Waals surface area contributed by atoms with Gasteiger partial charge in [-0.15, -0.1) is 0 Å². The molecule has 154 valence electrons. The van der Waals surface area contributed by atoms with Gasteiger partial charge in [-0.05, 0) is 44.6 Å². The van der Waals surface area contributed by atoms with Gasteiger partial charge < -0.3 is 15.2 Å². The molecule has 1 aliphatic carbocycles. The molecule has 2 amide bonds. The van der Waals surface area contributed by atoms with E-state index >= 15 is 0 Å². The SMILES string of the molecule is Cc1cccc(CNC(=O)c2nc(C(=O)NC3CCCCC3)n3c2CCCC3)c1. The molecule has 1 aliphatic heterocycles. The van der Waals surface area contributed by atoms with Crippen LogP contribution in [0.25, 0.3) is 0 Å². The number of rotatable bonds is 5. The van der Waals surface area contributed by atoms with Gasteiger partial charge in [0.1, 0.15) is 5.69 Å². The maximum atomic E-state index is 12.9. The van der Waals surface area contributed by atoms with E-state index in [9.17, 15) is 9.59 Å². The van der Waals surface area contributed by atoms with Crippen molar-refractivity contribution in [2.24, 2.45) is 0 Å². The smallest absolute Gasteiger partial charge is 0.287 e. The Kier molecular flexibility index (Phi) is 5.97. The predicted molar refractivity (Wildman–Crippen MR) is 112 cm³/mol. The topological polar surface area (TPSA) is 76.0 Å². The van der Waals surface area contributed by atoms with Crippen LogP contribution < -0.4 is 10.6 Å². The summed E-state index contributed by atoms with van der Waals surface area (Å²) in [6.07, 6.45) is 8.46. The molecular weight excluding hydrogens is 364 g/mol. The minimum absolute atomic E-state index is 0.141. The zero-order chi connectivity index (χ0) is 20.2. The first-order chi connectivity index (χ1) is 14.1. The molecule has 2 heterocycles. The van der Waals surface area contributed by atoms with Crippen molar-refractivity contribution in [1.82, 2.24) is 20.2 Å². The monoisotopic (exact) mass is 394 g/mol. The number of amides is 2. The summed E-state index contributed by atoms with van der Waals surface area (Å²) in [4.78, 5) is 30.3. The third-order valence-electron chi connectivity index (χ3n) is 6.01. The molecule has 4 rings (SSSR count). The zero-order valence-electron chi connectivity index (χ0n) is 17.2. The summed E-state index contributed by atoms with van der Waals surface area (Å²) >= 11 is 0. The summed E-state index contributed by atoms with van der Waals surface area (Å²) in [5.74, 6) is 0.0534. The Bertz CT molecular complexity index is 896. The fraction of sp³-hybridized carbons (Fsp3) is 0.522. The molecule has 2 aliphatic rings. The van der Waals surface area contributed by atoms with Crippen LogP contribution in [-0.4, -0.2) is 27.4 Å². The zero-order valence-corrected chi connectivity index (χ0v) is 17.2. The first-order valence-corrected chi connectivity index (χ1v) is 10.9. The molecule has 2 N–H and O–H groups in total. The minimum Gasteiger partial charge on any atom is -0.347 e. The number of benzene rings is 1. The maximum Gasteiger partial charge on any atom is 0.287 e. The second-order valence-corrected chi connectivity index (χ2v) is 8.32. The van der Waals surface area contributed by atoms with Crippen LogP contribution >= 0.6 is 0 Å². The Balaban J connectivity index is 1.50. The molecule has 2 aromatic rings. The van der Waals surface area contributed by atoms with Crippen LogP contribution in [0.2, 0.25) is 0 Å². The number of hydrogen-bond donors (Lipinski definition) is 2. The van der Waals surface area contributed by atoms with Gasteiger partial charge >= 0.3 is 0 Å². The molecule has 0 unspecified atom stereocenters. The Morgan fingerprint density at radius 3 is 2.72 bits per heavy atom. The molecular formula is C23H30N4O2. The van der Waals surface area contributed by atoms with Crippen LogP contribution in [0.1, 0.15) is 82.9 Å². The lowest BCUT2D eigenvalue weighted by molar-refractivity contribution is 0.0911. The van der Waals surface area contributed by atoms with Crippen LogP contribution in [-0.2, 0) is 19.5 Å². The van der Waals surface area contributed by atoms with Crippen LogP contribution in [0.3, 0.4) is 0 Å². The van der Waals surface area contributed by atoms with Crippen molar-refractivity contribution < 1.29 is 9.59 Å². The van der Waals surface area contributed by atoms with E-state index in [0.717, 1.165) is 68.3 Å². The number of aromatic nitrogens is 2. The number of imidazole rings is 1. The summed E-state index contributed by atoms with van der Waals surface area (Å²) < 4.78 is 1.96. The van der Waals surface area contributed by atoms with Gasteiger partial charge in [0.25, 0.3) is 11.8 Å². The quantitative estimate of drug-likeness (QED) is 0.815. The van der Waals surface area contributed by atoms with E-state index in [4.69, 9.17) is 0 Å². The van der Waals surface area contributed by atoms with Crippen LogP contribution in [0, 0.1) is 6.92 Å². The summed E-state index contributed by atoms with van der Waals surface area (Å²) in [6, 6.07) is 8.31. The van der Waals surface area contributed by atoms with Crippen LogP contribution in [0.5, 0.6) is 0 Å². The highest BCUT2D eigenvalue weighted by Gasteiger charge is 2.28. The molecule has 1 aromatic carbocycles. The van der Waals surface area contributed by atoms with Crippen LogP contribution in [0.4, 0.5) is 0 Å². The molecule has 0 radical (unpaired) electrons. The molecule has 1 saturated carbocycles. The molecule has 29 heavy (non-hydrogen) atoms. The van der Waals surface area contributed by atoms with E-state index in [2.05, 4.69) is 21.7 Å².